The molecule has 3 rings (SSSR count). The molecule has 2 aliphatic carbocycles. The van der Waals surface area contributed by atoms with E-state index in [1.807, 2.05) is 0 Å². The molecule has 2 aliphatic rings. The van der Waals surface area contributed by atoms with Gasteiger partial charge in [-0.2, -0.15) is 0 Å². The number of anilines is 1. The molecule has 0 unspecified atom stereocenters. The number of rotatable bonds is 1. The largest absolute Gasteiger partial charge is 0.326 e. The zero-order valence-electron chi connectivity index (χ0n) is 14.1. The van der Waals surface area contributed by atoms with Crippen molar-refractivity contribution in [3.05, 3.63) is 29.3 Å². The lowest BCUT2D eigenvalue weighted by Crippen LogP contribution is -2.09. The first-order valence-corrected chi connectivity index (χ1v) is 9.15. The molecule has 1 aromatic carbocycles. The highest BCUT2D eigenvalue weighted by molar-refractivity contribution is 5.89. The number of fused-ring (bicyclic) bond motifs is 13. The number of hydrogen-bond donors (Lipinski definition) is 1. The van der Waals surface area contributed by atoms with Gasteiger partial charge in [-0.05, 0) is 42.9 Å². The van der Waals surface area contributed by atoms with Crippen molar-refractivity contribution in [2.24, 2.45) is 0 Å². The van der Waals surface area contributed by atoms with Crippen molar-refractivity contribution in [2.75, 3.05) is 5.32 Å². The fraction of sp³-hybridized carbons (Fsp3) is 0.650. The summed E-state index contributed by atoms with van der Waals surface area (Å²) in [6.07, 6.45) is 15.7. The first-order chi connectivity index (χ1) is 10.8. The summed E-state index contributed by atoms with van der Waals surface area (Å²) in [5.41, 5.74) is 3.70. The van der Waals surface area contributed by atoms with Crippen molar-refractivity contribution >= 4 is 11.6 Å². The highest BCUT2D eigenvalue weighted by Crippen LogP contribution is 2.23. The number of hydrogen-bond acceptors (Lipinski definition) is 1. The van der Waals surface area contributed by atoms with Crippen LogP contribution in [0.5, 0.6) is 0 Å². The molecule has 0 spiro atoms. The van der Waals surface area contributed by atoms with Crippen molar-refractivity contribution in [1.82, 2.24) is 0 Å². The highest BCUT2D eigenvalue weighted by atomic mass is 16.1. The summed E-state index contributed by atoms with van der Waals surface area (Å²) in [7, 11) is 0. The maximum absolute atomic E-state index is 11.4. The Morgan fingerprint density at radius 1 is 0.818 bits per heavy atom. The number of amides is 1. The van der Waals surface area contributed by atoms with E-state index in [0.717, 1.165) is 18.5 Å². The van der Waals surface area contributed by atoms with Crippen molar-refractivity contribution in [2.45, 2.75) is 84.0 Å². The predicted octanol–water partition coefficient (Wildman–Crippen LogP) is 5.64. The molecule has 2 bridgehead atoms. The van der Waals surface area contributed by atoms with E-state index in [1.54, 1.807) is 6.92 Å². The van der Waals surface area contributed by atoms with E-state index in [1.165, 1.54) is 75.3 Å². The van der Waals surface area contributed by atoms with E-state index >= 15 is 0 Å². The molecule has 2 heteroatoms. The zero-order valence-corrected chi connectivity index (χ0v) is 14.1. The van der Waals surface area contributed by atoms with E-state index < -0.39 is 0 Å². The standard InChI is InChI=1S/C20H31NO/c1-17(22)21-20-16-18-12-10-8-6-4-2-3-5-7-9-11-13-19(20)15-14-18/h14-16H,2-13H2,1H3,(H,21,22). The molecule has 0 atom stereocenters. The summed E-state index contributed by atoms with van der Waals surface area (Å²) in [5, 5.41) is 3.03. The Labute approximate surface area is 135 Å². The molecule has 0 fully saturated rings. The van der Waals surface area contributed by atoms with Crippen LogP contribution >= 0.6 is 0 Å². The second-order valence-corrected chi connectivity index (χ2v) is 6.71. The van der Waals surface area contributed by atoms with E-state index in [4.69, 9.17) is 0 Å². The van der Waals surface area contributed by atoms with E-state index in [2.05, 4.69) is 23.5 Å². The molecular formula is C20H31NO. The minimum Gasteiger partial charge on any atom is -0.326 e. The number of nitrogens with one attached hydrogen (secondary N) is 1. The Morgan fingerprint density at radius 2 is 1.36 bits per heavy atom. The summed E-state index contributed by atoms with van der Waals surface area (Å²) < 4.78 is 0. The van der Waals surface area contributed by atoms with Gasteiger partial charge in [-0.1, -0.05) is 63.5 Å². The average Bonchev–Trinajstić information content (AvgIpc) is 2.48. The maximum atomic E-state index is 11.4. The van der Waals surface area contributed by atoms with Gasteiger partial charge in [-0.25, -0.2) is 0 Å². The van der Waals surface area contributed by atoms with E-state index in [0.29, 0.717) is 0 Å². The molecule has 1 amide bonds. The molecular weight excluding hydrogens is 270 g/mol. The van der Waals surface area contributed by atoms with Crippen LogP contribution in [-0.2, 0) is 17.6 Å². The number of carbonyl (C=O) groups excluding carboxylic acids is 1. The third-order valence-electron chi connectivity index (χ3n) is 4.65. The Kier molecular flexibility index (Phi) is 7.48. The van der Waals surface area contributed by atoms with Gasteiger partial charge in [0, 0.05) is 12.6 Å². The highest BCUT2D eigenvalue weighted by Gasteiger charge is 2.06. The monoisotopic (exact) mass is 301 g/mol. The Bertz CT molecular complexity index is 467. The van der Waals surface area contributed by atoms with Gasteiger partial charge in [0.2, 0.25) is 5.91 Å². The van der Waals surface area contributed by atoms with Crippen molar-refractivity contribution < 1.29 is 4.79 Å². The van der Waals surface area contributed by atoms with Gasteiger partial charge in [0.1, 0.15) is 0 Å². The maximum Gasteiger partial charge on any atom is 0.221 e. The molecule has 1 aromatic rings. The molecule has 0 saturated carbocycles. The Balaban J connectivity index is 2.05. The molecule has 0 heterocycles. The van der Waals surface area contributed by atoms with Crippen molar-refractivity contribution in [3.8, 4) is 0 Å². The lowest BCUT2D eigenvalue weighted by molar-refractivity contribution is -0.114. The van der Waals surface area contributed by atoms with E-state index in [9.17, 15) is 4.79 Å². The second kappa shape index (κ2) is 9.66. The summed E-state index contributed by atoms with van der Waals surface area (Å²) in [6, 6.07) is 6.68. The Morgan fingerprint density at radius 3 is 1.95 bits per heavy atom. The van der Waals surface area contributed by atoms with Crippen LogP contribution in [0.4, 0.5) is 5.69 Å². The molecule has 0 saturated heterocycles. The van der Waals surface area contributed by atoms with Crippen molar-refractivity contribution in [3.63, 3.8) is 0 Å². The van der Waals surface area contributed by atoms with E-state index in [-0.39, 0.29) is 5.91 Å². The van der Waals surface area contributed by atoms with Gasteiger partial charge in [-0.3, -0.25) is 4.79 Å². The number of aryl methyl sites for hydroxylation is 2. The summed E-state index contributed by atoms with van der Waals surface area (Å²) in [5.74, 6) is 0.0350. The lowest BCUT2D eigenvalue weighted by atomic mass is 9.98. The fourth-order valence-electron chi connectivity index (χ4n) is 3.36. The molecule has 0 aromatic heterocycles. The van der Waals surface area contributed by atoms with Gasteiger partial charge in [-0.15, -0.1) is 0 Å². The smallest absolute Gasteiger partial charge is 0.221 e. The van der Waals surface area contributed by atoms with Gasteiger partial charge in [0.25, 0.3) is 0 Å². The first-order valence-electron chi connectivity index (χ1n) is 9.15. The molecule has 122 valence electrons. The van der Waals surface area contributed by atoms with Crippen LogP contribution in [-0.4, -0.2) is 5.91 Å². The van der Waals surface area contributed by atoms with Crippen LogP contribution in [0.2, 0.25) is 0 Å². The average molecular weight is 301 g/mol. The minimum absolute atomic E-state index is 0.0350. The van der Waals surface area contributed by atoms with Crippen LogP contribution in [0.1, 0.15) is 82.3 Å². The SMILES string of the molecule is CC(=O)Nc1cc2ccc1CCCCCCCCCCCC2. The van der Waals surface area contributed by atoms with Gasteiger partial charge in [0.05, 0.1) is 0 Å². The van der Waals surface area contributed by atoms with Crippen LogP contribution in [0.25, 0.3) is 0 Å². The van der Waals surface area contributed by atoms with Gasteiger partial charge < -0.3 is 5.32 Å². The van der Waals surface area contributed by atoms with Gasteiger partial charge in [0.15, 0.2) is 0 Å². The lowest BCUT2D eigenvalue weighted by Gasteiger charge is -2.13. The quantitative estimate of drug-likeness (QED) is 0.714. The third-order valence-corrected chi connectivity index (χ3v) is 4.65. The molecule has 2 nitrogen and oxygen atoms in total. The molecule has 1 N–H and O–H groups in total. The number of carbonyl (C=O) groups is 1. The third kappa shape index (κ3) is 6.21. The fourth-order valence-corrected chi connectivity index (χ4v) is 3.36. The topological polar surface area (TPSA) is 29.1 Å². The van der Waals surface area contributed by atoms with Crippen LogP contribution in [0.15, 0.2) is 18.2 Å². The van der Waals surface area contributed by atoms with Crippen LogP contribution in [0.3, 0.4) is 0 Å². The molecule has 0 aliphatic heterocycles. The normalized spacial score (nSPS) is 18.0. The predicted molar refractivity (Wildman–Crippen MR) is 94.3 cm³/mol. The minimum atomic E-state index is 0.0350. The first kappa shape index (κ1) is 17.1. The van der Waals surface area contributed by atoms with Crippen molar-refractivity contribution in [1.29, 1.82) is 0 Å². The summed E-state index contributed by atoms with van der Waals surface area (Å²) in [4.78, 5) is 11.4. The van der Waals surface area contributed by atoms with Crippen LogP contribution < -0.4 is 5.32 Å². The second-order valence-electron chi connectivity index (χ2n) is 6.71. The Hall–Kier alpha value is -1.31. The number of benzene rings is 1. The van der Waals surface area contributed by atoms with Crippen LogP contribution in [0, 0.1) is 0 Å². The van der Waals surface area contributed by atoms with Gasteiger partial charge >= 0.3 is 0 Å². The molecule has 22 heavy (non-hydrogen) atoms. The summed E-state index contributed by atoms with van der Waals surface area (Å²) >= 11 is 0. The zero-order chi connectivity index (χ0) is 15.6. The summed E-state index contributed by atoms with van der Waals surface area (Å²) in [6.45, 7) is 1.60. The molecule has 0 radical (unpaired) electrons.